The molecule has 0 fully saturated rings. The van der Waals surface area contributed by atoms with E-state index in [4.69, 9.17) is 4.98 Å². The number of carbonyl (C=O) groups excluding carboxylic acids is 1. The van der Waals surface area contributed by atoms with Crippen molar-refractivity contribution in [1.29, 1.82) is 0 Å². The molecule has 0 amide bonds. The number of aromatic nitrogens is 2. The van der Waals surface area contributed by atoms with Crippen molar-refractivity contribution in [2.24, 2.45) is 0 Å². The Labute approximate surface area is 166 Å². The van der Waals surface area contributed by atoms with Crippen LogP contribution in [0.2, 0.25) is 0 Å². The van der Waals surface area contributed by atoms with Crippen molar-refractivity contribution in [1.82, 2.24) is 9.55 Å². The molecule has 140 valence electrons. The number of ketones is 1. The molecule has 0 spiro atoms. The Kier molecular flexibility index (Phi) is 5.19. The molecule has 2 aromatic heterocycles. The van der Waals surface area contributed by atoms with E-state index in [9.17, 15) is 9.59 Å². The second kappa shape index (κ2) is 7.60. The molecule has 6 heteroatoms. The van der Waals surface area contributed by atoms with Crippen molar-refractivity contribution in [3.63, 3.8) is 0 Å². The van der Waals surface area contributed by atoms with Gasteiger partial charge >= 0.3 is 0 Å². The lowest BCUT2D eigenvalue weighted by atomic mass is 10.1. The number of nitrogens with zero attached hydrogens (tertiary/aromatic N) is 2. The number of thioether (sulfide) groups is 1. The maximum atomic E-state index is 13.1. The molecule has 0 radical (unpaired) electrons. The lowest BCUT2D eigenvalue weighted by Gasteiger charge is -2.11. The first kappa shape index (κ1) is 18.4. The molecule has 27 heavy (non-hydrogen) atoms. The summed E-state index contributed by atoms with van der Waals surface area (Å²) >= 11 is 3.02. The summed E-state index contributed by atoms with van der Waals surface area (Å²) < 4.78 is 1.76. The molecule has 0 saturated carbocycles. The van der Waals surface area contributed by atoms with E-state index < -0.39 is 0 Å². The van der Waals surface area contributed by atoms with Crippen molar-refractivity contribution in [2.45, 2.75) is 51.2 Å². The number of hydrogen-bond donors (Lipinski definition) is 0. The fourth-order valence-electron chi connectivity index (χ4n) is 3.54. The largest absolute Gasteiger partial charge is 0.293 e. The van der Waals surface area contributed by atoms with E-state index in [0.717, 1.165) is 41.5 Å². The van der Waals surface area contributed by atoms with Crippen LogP contribution in [-0.4, -0.2) is 21.1 Å². The van der Waals surface area contributed by atoms with Crippen molar-refractivity contribution >= 4 is 39.1 Å². The van der Waals surface area contributed by atoms with Crippen LogP contribution in [0, 0.1) is 6.92 Å². The first-order valence-corrected chi connectivity index (χ1v) is 11.2. The zero-order valence-corrected chi connectivity index (χ0v) is 17.2. The number of thiophene rings is 1. The lowest BCUT2D eigenvalue weighted by Crippen LogP contribution is -2.23. The van der Waals surface area contributed by atoms with Gasteiger partial charge in [0.15, 0.2) is 10.9 Å². The molecule has 4 nitrogen and oxygen atoms in total. The van der Waals surface area contributed by atoms with Gasteiger partial charge in [0.1, 0.15) is 4.83 Å². The van der Waals surface area contributed by atoms with Crippen molar-refractivity contribution in [3.8, 4) is 0 Å². The normalized spacial score (nSPS) is 13.3. The summed E-state index contributed by atoms with van der Waals surface area (Å²) in [6, 6.07) is 7.61. The Morgan fingerprint density at radius 1 is 1.26 bits per heavy atom. The third-order valence-corrected chi connectivity index (χ3v) is 7.11. The highest BCUT2D eigenvalue weighted by atomic mass is 32.2. The van der Waals surface area contributed by atoms with Gasteiger partial charge in [0.2, 0.25) is 0 Å². The lowest BCUT2D eigenvalue weighted by molar-refractivity contribution is 0.102. The van der Waals surface area contributed by atoms with E-state index in [1.807, 2.05) is 31.2 Å². The quantitative estimate of drug-likeness (QED) is 0.345. The van der Waals surface area contributed by atoms with E-state index >= 15 is 0 Å². The highest BCUT2D eigenvalue weighted by Crippen LogP contribution is 2.35. The van der Waals surface area contributed by atoms with Crippen LogP contribution in [0.25, 0.3) is 10.2 Å². The zero-order chi connectivity index (χ0) is 19.0. The van der Waals surface area contributed by atoms with Gasteiger partial charge in [0.25, 0.3) is 5.56 Å². The van der Waals surface area contributed by atoms with Crippen LogP contribution < -0.4 is 5.56 Å². The zero-order valence-electron chi connectivity index (χ0n) is 15.6. The third-order valence-electron chi connectivity index (χ3n) is 4.94. The number of benzene rings is 1. The summed E-state index contributed by atoms with van der Waals surface area (Å²) in [5, 5.41) is 1.48. The van der Waals surface area contributed by atoms with Crippen LogP contribution in [0.1, 0.15) is 46.1 Å². The number of rotatable bonds is 6. The standard InChI is InChI=1S/C21H22N2O2S2/c1-3-11-23-20(25)18-15-5-4-6-17(15)27-19(18)22-21(23)26-12-16(24)14-9-7-13(2)8-10-14/h7-10H,3-6,11-12H2,1-2H3. The van der Waals surface area contributed by atoms with Gasteiger partial charge in [-0.3, -0.25) is 14.2 Å². The second-order valence-corrected chi connectivity index (χ2v) is 8.99. The average Bonchev–Trinajstić information content (AvgIpc) is 3.23. The van der Waals surface area contributed by atoms with Gasteiger partial charge in [0.05, 0.1) is 11.1 Å². The molecule has 2 heterocycles. The maximum Gasteiger partial charge on any atom is 0.263 e. The number of hydrogen-bond acceptors (Lipinski definition) is 5. The van der Waals surface area contributed by atoms with Crippen LogP contribution in [0.15, 0.2) is 34.2 Å². The summed E-state index contributed by atoms with van der Waals surface area (Å²) in [5.74, 6) is 0.349. The fourth-order valence-corrected chi connectivity index (χ4v) is 5.76. The van der Waals surface area contributed by atoms with Gasteiger partial charge < -0.3 is 0 Å². The van der Waals surface area contributed by atoms with Gasteiger partial charge in [-0.15, -0.1) is 11.3 Å². The van der Waals surface area contributed by atoms with Crippen LogP contribution in [-0.2, 0) is 19.4 Å². The van der Waals surface area contributed by atoms with Gasteiger partial charge in [-0.1, -0.05) is 48.5 Å². The molecule has 0 N–H and O–H groups in total. The Bertz CT molecular complexity index is 1060. The molecule has 3 aromatic rings. The smallest absolute Gasteiger partial charge is 0.263 e. The molecule has 0 aliphatic heterocycles. The average molecular weight is 399 g/mol. The summed E-state index contributed by atoms with van der Waals surface area (Å²) in [7, 11) is 0. The molecule has 0 saturated heterocycles. The Morgan fingerprint density at radius 2 is 2.04 bits per heavy atom. The highest BCUT2D eigenvalue weighted by Gasteiger charge is 2.23. The molecular weight excluding hydrogens is 376 g/mol. The number of Topliss-reactive ketones (excluding diaryl/α,β-unsaturated/α-hetero) is 1. The van der Waals surface area contributed by atoms with Crippen LogP contribution in [0.4, 0.5) is 0 Å². The molecular formula is C21H22N2O2S2. The Hall–Kier alpha value is -1.92. The first-order valence-electron chi connectivity index (χ1n) is 9.36. The minimum atomic E-state index is 0.0612. The van der Waals surface area contributed by atoms with Crippen molar-refractivity contribution in [2.75, 3.05) is 5.75 Å². The summed E-state index contributed by atoms with van der Waals surface area (Å²) in [4.78, 5) is 32.6. The molecule has 1 aromatic carbocycles. The molecule has 1 aliphatic rings. The van der Waals surface area contributed by atoms with E-state index in [2.05, 4.69) is 6.92 Å². The van der Waals surface area contributed by atoms with Crippen molar-refractivity contribution < 1.29 is 4.79 Å². The van der Waals surface area contributed by atoms with E-state index in [-0.39, 0.29) is 17.1 Å². The second-order valence-electron chi connectivity index (χ2n) is 6.97. The molecule has 0 atom stereocenters. The molecule has 4 rings (SSSR count). The van der Waals surface area contributed by atoms with E-state index in [1.54, 1.807) is 15.9 Å². The van der Waals surface area contributed by atoms with E-state index in [1.165, 1.54) is 22.2 Å². The third kappa shape index (κ3) is 3.48. The topological polar surface area (TPSA) is 52.0 Å². The Morgan fingerprint density at radius 3 is 2.78 bits per heavy atom. The summed E-state index contributed by atoms with van der Waals surface area (Å²) in [5.41, 5.74) is 3.11. The predicted octanol–water partition coefficient (Wildman–Crippen LogP) is 4.64. The van der Waals surface area contributed by atoms with Gasteiger partial charge in [-0.05, 0) is 38.2 Å². The SMILES string of the molecule is CCCn1c(SCC(=O)c2ccc(C)cc2)nc2sc3c(c2c1=O)CCC3. The molecule has 1 aliphatic carbocycles. The number of aryl methyl sites for hydroxylation is 3. The predicted molar refractivity (Wildman–Crippen MR) is 112 cm³/mol. The number of fused-ring (bicyclic) bond motifs is 3. The monoisotopic (exact) mass is 398 g/mol. The van der Waals surface area contributed by atoms with Gasteiger partial charge in [0, 0.05) is 17.0 Å². The van der Waals surface area contributed by atoms with Crippen molar-refractivity contribution in [3.05, 3.63) is 56.2 Å². The minimum Gasteiger partial charge on any atom is -0.293 e. The maximum absolute atomic E-state index is 13.1. The molecule has 0 unspecified atom stereocenters. The van der Waals surface area contributed by atoms with Crippen LogP contribution in [0.5, 0.6) is 0 Å². The summed E-state index contributed by atoms with van der Waals surface area (Å²) in [6.07, 6.45) is 4.03. The fraction of sp³-hybridized carbons (Fsp3) is 0.381. The van der Waals surface area contributed by atoms with Crippen LogP contribution >= 0.6 is 23.1 Å². The first-order chi connectivity index (χ1) is 13.1. The van der Waals surface area contributed by atoms with E-state index in [0.29, 0.717) is 17.3 Å². The number of carbonyl (C=O) groups is 1. The minimum absolute atomic E-state index is 0.0612. The van der Waals surface area contributed by atoms with Gasteiger partial charge in [-0.2, -0.15) is 0 Å². The van der Waals surface area contributed by atoms with Crippen LogP contribution in [0.3, 0.4) is 0 Å². The summed E-state index contributed by atoms with van der Waals surface area (Å²) in [6.45, 7) is 4.69. The molecule has 0 bridgehead atoms. The Balaban J connectivity index is 1.66. The highest BCUT2D eigenvalue weighted by molar-refractivity contribution is 7.99. The van der Waals surface area contributed by atoms with Gasteiger partial charge in [-0.25, -0.2) is 4.98 Å².